The van der Waals surface area contributed by atoms with Crippen molar-refractivity contribution in [2.75, 3.05) is 0 Å². The standard InChI is InChI=1S/C20H29NO3/c1-14-6-5-7-15(10-14)13-23-18-11-16-8-9-17(12-18)21(16)19(22)24-20(2,3)4/h5-7,10,16-18H,8-9,11-13H2,1-4H3. The molecule has 4 heteroatoms. The number of carbonyl (C=O) groups excluding carboxylic acids is 1. The van der Waals surface area contributed by atoms with Crippen molar-refractivity contribution in [2.24, 2.45) is 0 Å². The van der Waals surface area contributed by atoms with Crippen molar-refractivity contribution < 1.29 is 14.3 Å². The lowest BCUT2D eigenvalue weighted by Crippen LogP contribution is -2.50. The molecule has 2 aliphatic heterocycles. The predicted octanol–water partition coefficient (Wildman–Crippen LogP) is 4.44. The molecule has 3 rings (SSSR count). The molecule has 0 radical (unpaired) electrons. The summed E-state index contributed by atoms with van der Waals surface area (Å²) in [6.45, 7) is 8.51. The second-order valence-electron chi connectivity index (χ2n) is 8.17. The average molecular weight is 331 g/mol. The SMILES string of the molecule is Cc1cccc(COC2CC3CCC(C2)N3C(=O)OC(C)(C)C)c1. The predicted molar refractivity (Wildman–Crippen MR) is 93.9 cm³/mol. The molecular formula is C20H29NO3. The van der Waals surface area contributed by atoms with Crippen LogP contribution in [-0.2, 0) is 16.1 Å². The van der Waals surface area contributed by atoms with Gasteiger partial charge in [-0.05, 0) is 58.9 Å². The van der Waals surface area contributed by atoms with Crippen molar-refractivity contribution in [2.45, 2.75) is 83.8 Å². The molecule has 2 unspecified atom stereocenters. The first-order valence-electron chi connectivity index (χ1n) is 9.00. The lowest BCUT2D eigenvalue weighted by atomic mass is 10.00. The molecule has 0 aromatic heterocycles. The summed E-state index contributed by atoms with van der Waals surface area (Å²) in [5.74, 6) is 0. The summed E-state index contributed by atoms with van der Waals surface area (Å²) in [5.41, 5.74) is 2.04. The Kier molecular flexibility index (Phi) is 4.86. The quantitative estimate of drug-likeness (QED) is 0.822. The van der Waals surface area contributed by atoms with Crippen LogP contribution in [0, 0.1) is 6.92 Å². The Balaban J connectivity index is 1.56. The Bertz CT molecular complexity index is 579. The largest absolute Gasteiger partial charge is 0.444 e. The normalized spacial score (nSPS) is 26.5. The van der Waals surface area contributed by atoms with E-state index in [0.29, 0.717) is 6.61 Å². The van der Waals surface area contributed by atoms with Gasteiger partial charge in [-0.1, -0.05) is 29.8 Å². The number of ether oxygens (including phenoxy) is 2. The Morgan fingerprint density at radius 1 is 1.21 bits per heavy atom. The first-order valence-corrected chi connectivity index (χ1v) is 9.00. The molecule has 2 heterocycles. The number of nitrogens with zero attached hydrogens (tertiary/aromatic N) is 1. The fraction of sp³-hybridized carbons (Fsp3) is 0.650. The van der Waals surface area contributed by atoms with Gasteiger partial charge in [0.25, 0.3) is 0 Å². The fourth-order valence-corrected chi connectivity index (χ4v) is 3.89. The van der Waals surface area contributed by atoms with E-state index in [0.717, 1.165) is 25.7 Å². The monoisotopic (exact) mass is 331 g/mol. The van der Waals surface area contributed by atoms with E-state index in [1.807, 2.05) is 25.7 Å². The molecule has 2 bridgehead atoms. The molecule has 2 fully saturated rings. The van der Waals surface area contributed by atoms with Crippen LogP contribution in [0.15, 0.2) is 24.3 Å². The molecule has 1 aromatic rings. The molecule has 1 aromatic carbocycles. The van der Waals surface area contributed by atoms with Gasteiger partial charge in [-0.3, -0.25) is 0 Å². The maximum absolute atomic E-state index is 12.5. The Morgan fingerprint density at radius 2 is 1.88 bits per heavy atom. The number of fused-ring (bicyclic) bond motifs is 2. The molecule has 2 saturated heterocycles. The van der Waals surface area contributed by atoms with E-state index in [2.05, 4.69) is 31.2 Å². The maximum Gasteiger partial charge on any atom is 0.410 e. The highest BCUT2D eigenvalue weighted by Crippen LogP contribution is 2.38. The molecule has 24 heavy (non-hydrogen) atoms. The van der Waals surface area contributed by atoms with Crippen LogP contribution in [0.1, 0.15) is 57.6 Å². The van der Waals surface area contributed by atoms with Gasteiger partial charge in [-0.2, -0.15) is 0 Å². The van der Waals surface area contributed by atoms with Crippen molar-refractivity contribution in [3.63, 3.8) is 0 Å². The lowest BCUT2D eigenvalue weighted by Gasteiger charge is -2.39. The maximum atomic E-state index is 12.5. The van der Waals surface area contributed by atoms with Crippen molar-refractivity contribution >= 4 is 6.09 Å². The van der Waals surface area contributed by atoms with Crippen molar-refractivity contribution in [1.29, 1.82) is 0 Å². The average Bonchev–Trinajstić information content (AvgIpc) is 2.75. The number of carbonyl (C=O) groups is 1. The fourth-order valence-electron chi connectivity index (χ4n) is 3.89. The van der Waals surface area contributed by atoms with E-state index < -0.39 is 5.60 Å². The first kappa shape index (κ1) is 17.3. The van der Waals surface area contributed by atoms with Crippen LogP contribution in [0.5, 0.6) is 0 Å². The summed E-state index contributed by atoms with van der Waals surface area (Å²) in [6, 6.07) is 8.98. The summed E-state index contributed by atoms with van der Waals surface area (Å²) >= 11 is 0. The minimum atomic E-state index is -0.435. The molecule has 0 spiro atoms. The second-order valence-corrected chi connectivity index (χ2v) is 8.17. The number of piperidine rings is 1. The molecule has 4 nitrogen and oxygen atoms in total. The Hall–Kier alpha value is -1.55. The van der Waals surface area contributed by atoms with Gasteiger partial charge in [-0.15, -0.1) is 0 Å². The molecule has 0 N–H and O–H groups in total. The minimum absolute atomic E-state index is 0.160. The highest BCUT2D eigenvalue weighted by atomic mass is 16.6. The van der Waals surface area contributed by atoms with Crippen molar-refractivity contribution in [3.8, 4) is 0 Å². The van der Waals surface area contributed by atoms with Crippen LogP contribution in [0.25, 0.3) is 0 Å². The molecule has 0 saturated carbocycles. The van der Waals surface area contributed by atoms with E-state index in [1.165, 1.54) is 11.1 Å². The third-order valence-electron chi connectivity index (χ3n) is 4.86. The third kappa shape index (κ3) is 4.10. The Labute approximate surface area is 145 Å². The van der Waals surface area contributed by atoms with E-state index in [4.69, 9.17) is 9.47 Å². The van der Waals surface area contributed by atoms with Crippen molar-refractivity contribution in [3.05, 3.63) is 35.4 Å². The van der Waals surface area contributed by atoms with Crippen LogP contribution in [0.2, 0.25) is 0 Å². The zero-order chi connectivity index (χ0) is 17.3. The summed E-state index contributed by atoms with van der Waals surface area (Å²) < 4.78 is 11.7. The van der Waals surface area contributed by atoms with E-state index in [-0.39, 0.29) is 24.3 Å². The number of hydrogen-bond acceptors (Lipinski definition) is 3. The number of benzene rings is 1. The summed E-state index contributed by atoms with van der Waals surface area (Å²) in [5, 5.41) is 0. The van der Waals surface area contributed by atoms with Gasteiger partial charge in [0.05, 0.1) is 12.7 Å². The zero-order valence-corrected chi connectivity index (χ0v) is 15.2. The summed E-state index contributed by atoms with van der Waals surface area (Å²) in [7, 11) is 0. The van der Waals surface area contributed by atoms with Gasteiger partial charge in [-0.25, -0.2) is 4.79 Å². The van der Waals surface area contributed by atoms with Crippen LogP contribution in [-0.4, -0.2) is 34.8 Å². The molecule has 0 aliphatic carbocycles. The van der Waals surface area contributed by atoms with E-state index in [9.17, 15) is 4.79 Å². The van der Waals surface area contributed by atoms with Gasteiger partial charge in [0.2, 0.25) is 0 Å². The first-order chi connectivity index (χ1) is 11.3. The second kappa shape index (κ2) is 6.75. The minimum Gasteiger partial charge on any atom is -0.444 e. The lowest BCUT2D eigenvalue weighted by molar-refractivity contribution is -0.0396. The van der Waals surface area contributed by atoms with Crippen LogP contribution in [0.3, 0.4) is 0 Å². The number of amides is 1. The van der Waals surface area contributed by atoms with Crippen molar-refractivity contribution in [1.82, 2.24) is 4.90 Å². The topological polar surface area (TPSA) is 38.8 Å². The summed E-state index contributed by atoms with van der Waals surface area (Å²) in [4.78, 5) is 14.4. The van der Waals surface area contributed by atoms with Gasteiger partial charge >= 0.3 is 6.09 Å². The van der Waals surface area contributed by atoms with Crippen LogP contribution < -0.4 is 0 Å². The number of aryl methyl sites for hydroxylation is 1. The van der Waals surface area contributed by atoms with Gasteiger partial charge in [0.1, 0.15) is 5.60 Å². The molecule has 1 amide bonds. The zero-order valence-electron chi connectivity index (χ0n) is 15.2. The highest BCUT2D eigenvalue weighted by molar-refractivity contribution is 5.69. The van der Waals surface area contributed by atoms with Gasteiger partial charge in [0, 0.05) is 12.1 Å². The van der Waals surface area contributed by atoms with Crippen LogP contribution >= 0.6 is 0 Å². The highest BCUT2D eigenvalue weighted by Gasteiger charge is 2.45. The molecule has 2 aliphatic rings. The molecular weight excluding hydrogens is 302 g/mol. The molecule has 2 atom stereocenters. The molecule has 132 valence electrons. The third-order valence-corrected chi connectivity index (χ3v) is 4.86. The van der Waals surface area contributed by atoms with Gasteiger partial charge < -0.3 is 14.4 Å². The smallest absolute Gasteiger partial charge is 0.410 e. The number of rotatable bonds is 3. The van der Waals surface area contributed by atoms with Crippen LogP contribution in [0.4, 0.5) is 4.79 Å². The Morgan fingerprint density at radius 3 is 2.46 bits per heavy atom. The summed E-state index contributed by atoms with van der Waals surface area (Å²) in [6.07, 6.45) is 4.04. The van der Waals surface area contributed by atoms with E-state index >= 15 is 0 Å². The van der Waals surface area contributed by atoms with E-state index in [1.54, 1.807) is 0 Å². The van der Waals surface area contributed by atoms with Gasteiger partial charge in [0.15, 0.2) is 0 Å². The number of hydrogen-bond donors (Lipinski definition) is 0.